The second-order valence-corrected chi connectivity index (χ2v) is 6.59. The molecule has 2 rings (SSSR count). The molecule has 2 aromatic rings. The predicted molar refractivity (Wildman–Crippen MR) is 74.4 cm³/mol. The lowest BCUT2D eigenvalue weighted by atomic mass is 10.3. The summed E-state index contributed by atoms with van der Waals surface area (Å²) in [6, 6.07) is 1.89. The molecule has 0 saturated carbocycles. The van der Waals surface area contributed by atoms with E-state index < -0.39 is 10.0 Å². The molecule has 0 atom stereocenters. The number of hydrogen-bond acceptors (Lipinski definition) is 5. The molecule has 0 spiro atoms. The molecule has 0 amide bonds. The molecule has 0 aliphatic rings. The van der Waals surface area contributed by atoms with Crippen molar-refractivity contribution in [2.45, 2.75) is 24.9 Å². The molecule has 2 heterocycles. The first-order chi connectivity index (χ1) is 9.04. The minimum absolute atomic E-state index is 0.233. The van der Waals surface area contributed by atoms with Crippen LogP contribution in [0, 0.1) is 6.92 Å². The molecule has 3 N–H and O–H groups in total. The minimum Gasteiger partial charge on any atom is -0.314 e. The highest BCUT2D eigenvalue weighted by Gasteiger charge is 2.23. The highest BCUT2D eigenvalue weighted by molar-refractivity contribution is 7.89. The van der Waals surface area contributed by atoms with Gasteiger partial charge in [0.15, 0.2) is 0 Å². The van der Waals surface area contributed by atoms with Crippen molar-refractivity contribution in [1.82, 2.24) is 20.2 Å². The van der Waals surface area contributed by atoms with Crippen LogP contribution in [0.15, 0.2) is 21.7 Å². The van der Waals surface area contributed by atoms with Crippen LogP contribution in [0.3, 0.4) is 0 Å². The molecule has 0 saturated heterocycles. The molecular weight excluding hydrogens is 284 g/mol. The summed E-state index contributed by atoms with van der Waals surface area (Å²) in [5.74, 6) is 0. The molecule has 104 valence electrons. The highest BCUT2D eigenvalue weighted by atomic mass is 32.2. The Balaban J connectivity index is 2.21. The zero-order valence-corrected chi connectivity index (χ0v) is 12.4. The quantitative estimate of drug-likeness (QED) is 0.742. The molecule has 0 radical (unpaired) electrons. The van der Waals surface area contributed by atoms with Crippen LogP contribution >= 0.6 is 11.3 Å². The number of nitrogens with zero attached hydrogens (tertiary/aromatic N) is 1. The van der Waals surface area contributed by atoms with Crippen LogP contribution < -0.4 is 10.0 Å². The lowest BCUT2D eigenvalue weighted by molar-refractivity contribution is 0.578. The molecule has 0 unspecified atom stereocenters. The maximum absolute atomic E-state index is 12.3. The van der Waals surface area contributed by atoms with Crippen molar-refractivity contribution in [3.8, 4) is 0 Å². The van der Waals surface area contributed by atoms with E-state index in [1.165, 1.54) is 11.3 Å². The Morgan fingerprint density at radius 2 is 2.21 bits per heavy atom. The third kappa shape index (κ3) is 3.21. The summed E-state index contributed by atoms with van der Waals surface area (Å²) >= 11 is 1.54. The smallest absolute Gasteiger partial charge is 0.244 e. The van der Waals surface area contributed by atoms with Crippen LogP contribution in [0.5, 0.6) is 0 Å². The first-order valence-electron chi connectivity index (χ1n) is 5.74. The van der Waals surface area contributed by atoms with Crippen LogP contribution in [-0.2, 0) is 23.1 Å². The molecule has 0 aromatic carbocycles. The van der Waals surface area contributed by atoms with Crippen molar-refractivity contribution in [2.75, 3.05) is 7.05 Å². The number of rotatable bonds is 6. The average molecular weight is 300 g/mol. The van der Waals surface area contributed by atoms with Crippen LogP contribution in [-0.4, -0.2) is 25.7 Å². The lowest BCUT2D eigenvalue weighted by Crippen LogP contribution is -2.25. The number of sulfonamides is 1. The van der Waals surface area contributed by atoms with Crippen LogP contribution in [0.25, 0.3) is 0 Å². The monoisotopic (exact) mass is 300 g/mol. The van der Waals surface area contributed by atoms with Gasteiger partial charge in [0.1, 0.15) is 4.90 Å². The molecule has 0 bridgehead atoms. The van der Waals surface area contributed by atoms with Gasteiger partial charge in [0.2, 0.25) is 10.0 Å². The van der Waals surface area contributed by atoms with E-state index in [-0.39, 0.29) is 11.4 Å². The summed E-state index contributed by atoms with van der Waals surface area (Å²) in [4.78, 5) is 0.233. The molecule has 0 aliphatic heterocycles. The largest absolute Gasteiger partial charge is 0.314 e. The maximum Gasteiger partial charge on any atom is 0.244 e. The summed E-state index contributed by atoms with van der Waals surface area (Å²) in [5, 5.41) is 13.5. The lowest BCUT2D eigenvalue weighted by Gasteiger charge is -2.07. The topological polar surface area (TPSA) is 86.9 Å². The molecule has 19 heavy (non-hydrogen) atoms. The Kier molecular flexibility index (Phi) is 4.35. The number of thiophene rings is 1. The van der Waals surface area contributed by atoms with Gasteiger partial charge in [-0.15, -0.1) is 0 Å². The van der Waals surface area contributed by atoms with Crippen molar-refractivity contribution >= 4 is 21.4 Å². The van der Waals surface area contributed by atoms with Crippen LogP contribution in [0.4, 0.5) is 0 Å². The summed E-state index contributed by atoms with van der Waals surface area (Å²) < 4.78 is 27.2. The molecule has 2 aromatic heterocycles. The van der Waals surface area contributed by atoms with E-state index in [2.05, 4.69) is 20.2 Å². The number of nitrogens with one attached hydrogen (secondary N) is 3. The van der Waals surface area contributed by atoms with Gasteiger partial charge < -0.3 is 5.32 Å². The molecular formula is C11H16N4O2S2. The van der Waals surface area contributed by atoms with E-state index in [0.717, 1.165) is 5.56 Å². The fourth-order valence-corrected chi connectivity index (χ4v) is 3.80. The van der Waals surface area contributed by atoms with Gasteiger partial charge in [0.05, 0.1) is 11.4 Å². The van der Waals surface area contributed by atoms with Crippen molar-refractivity contribution in [1.29, 1.82) is 0 Å². The Bertz CT molecular complexity index is 632. The summed E-state index contributed by atoms with van der Waals surface area (Å²) in [5.41, 5.74) is 1.99. The molecule has 0 aliphatic carbocycles. The van der Waals surface area contributed by atoms with Gasteiger partial charge in [-0.2, -0.15) is 16.4 Å². The van der Waals surface area contributed by atoms with Gasteiger partial charge in [-0.3, -0.25) is 5.10 Å². The SMILES string of the molecule is CNCc1n[nH]c(C)c1S(=O)(=O)NCc1ccsc1. The standard InChI is InChI=1S/C11H16N4O2S2/c1-8-11(10(6-12-2)15-14-8)19(16,17)13-5-9-3-4-18-7-9/h3-4,7,12-13H,5-6H2,1-2H3,(H,14,15). The highest BCUT2D eigenvalue weighted by Crippen LogP contribution is 2.18. The first kappa shape index (κ1) is 14.2. The Labute approximate surface area is 116 Å². The number of aromatic nitrogens is 2. The third-order valence-electron chi connectivity index (χ3n) is 2.62. The van der Waals surface area contributed by atoms with Gasteiger partial charge in [-0.25, -0.2) is 13.1 Å². The fourth-order valence-electron chi connectivity index (χ4n) is 1.76. The second-order valence-electron chi connectivity index (χ2n) is 4.11. The van der Waals surface area contributed by atoms with Crippen LogP contribution in [0.2, 0.25) is 0 Å². The van der Waals surface area contributed by atoms with Crippen LogP contribution in [0.1, 0.15) is 17.0 Å². The van der Waals surface area contributed by atoms with E-state index in [4.69, 9.17) is 0 Å². The minimum atomic E-state index is -3.56. The third-order valence-corrected chi connectivity index (χ3v) is 4.96. The zero-order chi connectivity index (χ0) is 13.9. The number of aryl methyl sites for hydroxylation is 1. The normalized spacial score (nSPS) is 11.9. The van der Waals surface area contributed by atoms with E-state index in [1.807, 2.05) is 16.8 Å². The van der Waals surface area contributed by atoms with Crippen molar-refractivity contribution in [3.63, 3.8) is 0 Å². The Hall–Kier alpha value is -1.22. The Morgan fingerprint density at radius 3 is 2.84 bits per heavy atom. The molecule has 6 nitrogen and oxygen atoms in total. The molecule has 8 heteroatoms. The van der Waals surface area contributed by atoms with E-state index in [9.17, 15) is 8.42 Å². The predicted octanol–water partition coefficient (Wildman–Crippen LogP) is 0.978. The first-order valence-corrected chi connectivity index (χ1v) is 8.16. The van der Waals surface area contributed by atoms with Gasteiger partial charge in [-0.1, -0.05) is 0 Å². The molecule has 0 fully saturated rings. The average Bonchev–Trinajstić information content (AvgIpc) is 2.97. The van der Waals surface area contributed by atoms with Gasteiger partial charge in [0, 0.05) is 13.1 Å². The van der Waals surface area contributed by atoms with Gasteiger partial charge in [0.25, 0.3) is 0 Å². The van der Waals surface area contributed by atoms with E-state index in [1.54, 1.807) is 14.0 Å². The summed E-state index contributed by atoms with van der Waals surface area (Å²) in [6.45, 7) is 2.39. The number of aromatic amines is 1. The summed E-state index contributed by atoms with van der Waals surface area (Å²) in [7, 11) is -1.81. The van der Waals surface area contributed by atoms with Crippen molar-refractivity contribution in [2.24, 2.45) is 0 Å². The zero-order valence-electron chi connectivity index (χ0n) is 10.7. The van der Waals surface area contributed by atoms with E-state index in [0.29, 0.717) is 17.9 Å². The van der Waals surface area contributed by atoms with Crippen molar-refractivity contribution in [3.05, 3.63) is 33.8 Å². The van der Waals surface area contributed by atoms with Gasteiger partial charge in [-0.05, 0) is 36.4 Å². The second kappa shape index (κ2) is 5.83. The maximum atomic E-state index is 12.3. The summed E-state index contributed by atoms with van der Waals surface area (Å²) in [6.07, 6.45) is 0. The van der Waals surface area contributed by atoms with E-state index >= 15 is 0 Å². The number of hydrogen-bond donors (Lipinski definition) is 3. The fraction of sp³-hybridized carbons (Fsp3) is 0.364. The Morgan fingerprint density at radius 1 is 1.42 bits per heavy atom. The number of H-pyrrole nitrogens is 1. The van der Waals surface area contributed by atoms with Crippen molar-refractivity contribution < 1.29 is 8.42 Å². The van der Waals surface area contributed by atoms with Gasteiger partial charge >= 0.3 is 0 Å².